The molecule has 8 heteroatoms. The average Bonchev–Trinajstić information content (AvgIpc) is 3.10. The molecule has 3 rings (SSSR count). The van der Waals surface area contributed by atoms with E-state index in [2.05, 4.69) is 21.9 Å². The zero-order chi connectivity index (χ0) is 20.1. The summed E-state index contributed by atoms with van der Waals surface area (Å²) in [6.07, 6.45) is 0. The Balaban J connectivity index is 1.89. The largest absolute Gasteiger partial charge is 0.493 e. The van der Waals surface area contributed by atoms with Crippen LogP contribution in [-0.4, -0.2) is 30.8 Å². The predicted molar refractivity (Wildman–Crippen MR) is 113 cm³/mol. The number of hydrogen-bond acceptors (Lipinski definition) is 7. The molecule has 0 aliphatic carbocycles. The third-order valence-electron chi connectivity index (χ3n) is 4.01. The summed E-state index contributed by atoms with van der Waals surface area (Å²) < 4.78 is 16.5. The van der Waals surface area contributed by atoms with Gasteiger partial charge in [0.15, 0.2) is 11.5 Å². The first kappa shape index (κ1) is 20.4. The quantitative estimate of drug-likeness (QED) is 0.553. The molecule has 3 aromatic rings. The van der Waals surface area contributed by atoms with Gasteiger partial charge < -0.3 is 19.5 Å². The molecule has 0 fully saturated rings. The van der Waals surface area contributed by atoms with Crippen molar-refractivity contribution in [2.24, 2.45) is 0 Å². The average molecular weight is 420 g/mol. The van der Waals surface area contributed by atoms with E-state index in [9.17, 15) is 0 Å². The van der Waals surface area contributed by atoms with Gasteiger partial charge in [-0.15, -0.1) is 11.3 Å². The molecule has 0 spiro atoms. The lowest BCUT2D eigenvalue weighted by atomic mass is 10.1. The number of aromatic nitrogens is 2. The van der Waals surface area contributed by atoms with Crippen molar-refractivity contribution in [1.82, 2.24) is 15.3 Å². The van der Waals surface area contributed by atoms with Crippen molar-refractivity contribution in [3.63, 3.8) is 0 Å². The van der Waals surface area contributed by atoms with Crippen molar-refractivity contribution in [2.75, 3.05) is 20.8 Å². The molecule has 1 aromatic carbocycles. The smallest absolute Gasteiger partial charge is 0.218 e. The third kappa shape index (κ3) is 4.92. The molecule has 1 N–H and O–H groups in total. The first-order valence-corrected chi connectivity index (χ1v) is 9.89. The number of fused-ring (bicyclic) bond motifs is 1. The third-order valence-corrected chi connectivity index (χ3v) is 4.94. The highest BCUT2D eigenvalue weighted by molar-refractivity contribution is 7.09. The molecule has 6 nitrogen and oxygen atoms in total. The van der Waals surface area contributed by atoms with Crippen molar-refractivity contribution in [3.05, 3.63) is 51.5 Å². The van der Waals surface area contributed by atoms with E-state index < -0.39 is 0 Å². The van der Waals surface area contributed by atoms with Gasteiger partial charge >= 0.3 is 0 Å². The van der Waals surface area contributed by atoms with E-state index >= 15 is 0 Å². The fourth-order valence-corrected chi connectivity index (χ4v) is 3.41. The highest BCUT2D eigenvalue weighted by Crippen LogP contribution is 2.33. The SMILES string of the molecule is C=C(Cl)COc1nc2cc(OC)c(OC)cc2cc1CNCc1csc(C)n1. The van der Waals surface area contributed by atoms with Gasteiger partial charge in [0.05, 0.1) is 30.4 Å². The van der Waals surface area contributed by atoms with Crippen LogP contribution in [0.3, 0.4) is 0 Å². The van der Waals surface area contributed by atoms with Gasteiger partial charge in [-0.1, -0.05) is 18.2 Å². The summed E-state index contributed by atoms with van der Waals surface area (Å²) in [7, 11) is 3.20. The minimum absolute atomic E-state index is 0.186. The van der Waals surface area contributed by atoms with E-state index in [0.717, 1.165) is 27.2 Å². The van der Waals surface area contributed by atoms with Crippen molar-refractivity contribution in [1.29, 1.82) is 0 Å². The molecule has 0 saturated heterocycles. The van der Waals surface area contributed by atoms with E-state index in [-0.39, 0.29) is 6.61 Å². The highest BCUT2D eigenvalue weighted by atomic mass is 35.5. The van der Waals surface area contributed by atoms with Crippen LogP contribution in [0.1, 0.15) is 16.3 Å². The predicted octanol–water partition coefficient (Wildman–Crippen LogP) is 4.44. The number of aryl methyl sites for hydroxylation is 1. The van der Waals surface area contributed by atoms with Crippen LogP contribution in [-0.2, 0) is 13.1 Å². The van der Waals surface area contributed by atoms with Crippen molar-refractivity contribution in [3.8, 4) is 17.4 Å². The van der Waals surface area contributed by atoms with E-state index in [1.54, 1.807) is 25.6 Å². The van der Waals surface area contributed by atoms with Gasteiger partial charge in [-0.3, -0.25) is 0 Å². The molecular weight excluding hydrogens is 398 g/mol. The maximum atomic E-state index is 5.87. The normalized spacial score (nSPS) is 10.9. The maximum Gasteiger partial charge on any atom is 0.218 e. The summed E-state index contributed by atoms with van der Waals surface area (Å²) in [5, 5.41) is 7.82. The molecule has 2 aromatic heterocycles. The molecular formula is C20H22ClN3O3S. The van der Waals surface area contributed by atoms with Gasteiger partial charge in [0.2, 0.25) is 5.88 Å². The van der Waals surface area contributed by atoms with E-state index in [0.29, 0.717) is 35.5 Å². The number of hydrogen-bond donors (Lipinski definition) is 1. The Kier molecular flexibility index (Phi) is 6.72. The first-order valence-electron chi connectivity index (χ1n) is 8.63. The Morgan fingerprint density at radius 2 is 1.89 bits per heavy atom. The molecule has 0 atom stereocenters. The lowest BCUT2D eigenvalue weighted by Gasteiger charge is -2.14. The Morgan fingerprint density at radius 3 is 2.54 bits per heavy atom. The van der Waals surface area contributed by atoms with E-state index in [1.807, 2.05) is 30.5 Å². The van der Waals surface area contributed by atoms with Gasteiger partial charge in [-0.05, 0) is 19.1 Å². The van der Waals surface area contributed by atoms with Crippen LogP contribution in [0.5, 0.6) is 17.4 Å². The molecule has 0 aliphatic heterocycles. The molecule has 28 heavy (non-hydrogen) atoms. The number of benzene rings is 1. The van der Waals surface area contributed by atoms with Crippen molar-refractivity contribution >= 4 is 33.8 Å². The van der Waals surface area contributed by atoms with Crippen LogP contribution in [0.4, 0.5) is 0 Å². The molecule has 148 valence electrons. The van der Waals surface area contributed by atoms with Crippen LogP contribution in [0.2, 0.25) is 0 Å². The zero-order valence-electron chi connectivity index (χ0n) is 16.0. The van der Waals surface area contributed by atoms with Crippen molar-refractivity contribution in [2.45, 2.75) is 20.0 Å². The number of nitrogens with zero attached hydrogens (tertiary/aromatic N) is 2. The number of halogens is 1. The van der Waals surface area contributed by atoms with Gasteiger partial charge in [-0.2, -0.15) is 0 Å². The van der Waals surface area contributed by atoms with Crippen LogP contribution in [0.25, 0.3) is 10.9 Å². The zero-order valence-corrected chi connectivity index (χ0v) is 17.6. The van der Waals surface area contributed by atoms with Gasteiger partial charge in [0.25, 0.3) is 0 Å². The minimum atomic E-state index is 0.186. The Labute approximate surface area is 173 Å². The standard InChI is InChI=1S/C20H22ClN3O3S/c1-12(21)10-27-20-15(8-22-9-16-11-28-13(2)23-16)5-14-6-18(25-3)19(26-4)7-17(14)24-20/h5-7,11,22H,1,8-10H2,2-4H3. The van der Waals surface area contributed by atoms with Crippen LogP contribution < -0.4 is 19.5 Å². The topological polar surface area (TPSA) is 65.5 Å². The molecule has 2 heterocycles. The monoisotopic (exact) mass is 419 g/mol. The second kappa shape index (κ2) is 9.23. The van der Waals surface area contributed by atoms with Crippen LogP contribution in [0, 0.1) is 6.92 Å². The fourth-order valence-electron chi connectivity index (χ4n) is 2.74. The lowest BCUT2D eigenvalue weighted by Crippen LogP contribution is -2.15. The molecule has 0 radical (unpaired) electrons. The number of rotatable bonds is 9. The minimum Gasteiger partial charge on any atom is -0.493 e. The van der Waals surface area contributed by atoms with Gasteiger partial charge in [-0.25, -0.2) is 9.97 Å². The first-order chi connectivity index (χ1) is 13.5. The lowest BCUT2D eigenvalue weighted by molar-refractivity contribution is 0.340. The summed E-state index contributed by atoms with van der Waals surface area (Å²) in [5.74, 6) is 1.76. The summed E-state index contributed by atoms with van der Waals surface area (Å²) >= 11 is 7.50. The maximum absolute atomic E-state index is 5.87. The molecule has 0 bridgehead atoms. The van der Waals surface area contributed by atoms with Crippen LogP contribution >= 0.6 is 22.9 Å². The van der Waals surface area contributed by atoms with Crippen LogP contribution in [0.15, 0.2) is 35.2 Å². The molecule has 0 unspecified atom stereocenters. The van der Waals surface area contributed by atoms with Crippen molar-refractivity contribution < 1.29 is 14.2 Å². The summed E-state index contributed by atoms with van der Waals surface area (Å²) in [6, 6.07) is 5.75. The number of thiazole rings is 1. The summed E-state index contributed by atoms with van der Waals surface area (Å²) in [6.45, 7) is 7.08. The number of nitrogens with one attached hydrogen (secondary N) is 1. The van der Waals surface area contributed by atoms with E-state index in [4.69, 9.17) is 25.8 Å². The van der Waals surface area contributed by atoms with Gasteiger partial charge in [0.1, 0.15) is 6.61 Å². The molecule has 0 saturated carbocycles. The summed E-state index contributed by atoms with van der Waals surface area (Å²) in [5.41, 5.74) is 2.66. The Morgan fingerprint density at radius 1 is 1.14 bits per heavy atom. The Hall–Kier alpha value is -2.35. The molecule has 0 aliphatic rings. The second-order valence-electron chi connectivity index (χ2n) is 6.12. The van der Waals surface area contributed by atoms with Gasteiger partial charge in [0, 0.05) is 40.5 Å². The number of pyridine rings is 1. The van der Waals surface area contributed by atoms with E-state index in [1.165, 1.54) is 0 Å². The highest BCUT2D eigenvalue weighted by Gasteiger charge is 2.13. The summed E-state index contributed by atoms with van der Waals surface area (Å²) in [4.78, 5) is 9.12. The second-order valence-corrected chi connectivity index (χ2v) is 7.72. The Bertz CT molecular complexity index is 990. The number of ether oxygens (including phenoxy) is 3. The number of methoxy groups -OCH3 is 2. The fraction of sp³-hybridized carbons (Fsp3) is 0.300. The molecule has 0 amide bonds.